The molecule has 0 saturated carbocycles. The number of hydrogen-bond donors (Lipinski definition) is 0. The van der Waals surface area contributed by atoms with Crippen molar-refractivity contribution < 1.29 is 9.58 Å². The Morgan fingerprint density at radius 2 is 1.23 bits per heavy atom. The molecule has 3 rings (SSSR count). The van der Waals surface area contributed by atoms with Crippen LogP contribution < -0.4 is 10.9 Å². The van der Waals surface area contributed by atoms with Crippen LogP contribution in [0.25, 0.3) is 0 Å². The lowest BCUT2D eigenvalue weighted by Gasteiger charge is -2.23. The Kier molecular flexibility index (Phi) is 6.42. The number of para-hydroxylation sites is 1. The second-order valence-corrected chi connectivity index (χ2v) is 8.20. The van der Waals surface area contributed by atoms with Gasteiger partial charge in [0.05, 0.1) is 17.1 Å². The Morgan fingerprint density at radius 1 is 0.800 bits per heavy atom. The van der Waals surface area contributed by atoms with Gasteiger partial charge in [0, 0.05) is 6.07 Å². The van der Waals surface area contributed by atoms with Crippen LogP contribution in [0, 0.1) is 51.7 Å². The maximum Gasteiger partial charge on any atom is 0.362 e. The molecule has 0 saturated heterocycles. The number of nitrogens with zero attached hydrogens (tertiary/aromatic N) is 1. The van der Waals surface area contributed by atoms with Crippen molar-refractivity contribution in [2.75, 3.05) is 0 Å². The lowest BCUT2D eigenvalue weighted by Crippen LogP contribution is -2.49. The maximum atomic E-state index is 11.4. The summed E-state index contributed by atoms with van der Waals surface area (Å²) in [6.45, 7) is 12.5. The van der Waals surface area contributed by atoms with Crippen LogP contribution in [0.15, 0.2) is 48.5 Å². The Labute approximate surface area is 179 Å². The zero-order valence-electron chi connectivity index (χ0n) is 18.6. The van der Waals surface area contributed by atoms with E-state index in [1.54, 1.807) is 12.1 Å². The number of aryl methyl sites for hydroxylation is 6. The normalized spacial score (nSPS) is 10.9. The van der Waals surface area contributed by atoms with E-state index in [2.05, 4.69) is 65.8 Å². The Hall–Kier alpha value is -2.92. The molecule has 0 fully saturated rings. The van der Waals surface area contributed by atoms with Gasteiger partial charge in [-0.2, -0.15) is 0 Å². The first-order valence-electron chi connectivity index (χ1n) is 10.2. The summed E-state index contributed by atoms with van der Waals surface area (Å²) in [5.41, 5.74) is 10.0. The van der Waals surface area contributed by atoms with Gasteiger partial charge in [0.1, 0.15) is 0 Å². The van der Waals surface area contributed by atoms with Gasteiger partial charge < -0.3 is 4.65 Å². The van der Waals surface area contributed by atoms with Crippen molar-refractivity contribution in [3.63, 3.8) is 0 Å². The monoisotopic (exact) mass is 401 g/mol. The molecule has 4 nitrogen and oxygen atoms in total. The highest BCUT2D eigenvalue weighted by atomic mass is 16.6. The molecule has 3 aromatic rings. The molecule has 30 heavy (non-hydrogen) atoms. The predicted molar refractivity (Wildman–Crippen MR) is 124 cm³/mol. The third kappa shape index (κ3) is 4.47. The molecule has 0 heterocycles. The van der Waals surface area contributed by atoms with Gasteiger partial charge in [0.2, 0.25) is 0 Å². The van der Waals surface area contributed by atoms with Gasteiger partial charge >= 0.3 is 6.92 Å². The minimum atomic E-state index is -0.349. The van der Waals surface area contributed by atoms with E-state index in [1.807, 2.05) is 6.07 Å². The molecular formula is C25H28BNO3. The van der Waals surface area contributed by atoms with E-state index in [9.17, 15) is 10.1 Å². The highest BCUT2D eigenvalue weighted by molar-refractivity contribution is 6.81. The summed E-state index contributed by atoms with van der Waals surface area (Å²) in [6, 6.07) is 15.5. The molecule has 0 unspecified atom stereocenters. The van der Waals surface area contributed by atoms with Crippen molar-refractivity contribution >= 4 is 23.5 Å². The lowest BCUT2D eigenvalue weighted by molar-refractivity contribution is -0.385. The highest BCUT2D eigenvalue weighted by Gasteiger charge is 2.29. The molecule has 0 radical (unpaired) electrons. The van der Waals surface area contributed by atoms with Gasteiger partial charge in [-0.15, -0.1) is 0 Å². The fourth-order valence-corrected chi connectivity index (χ4v) is 4.50. The second kappa shape index (κ2) is 8.84. The molecule has 0 aliphatic carbocycles. The van der Waals surface area contributed by atoms with Gasteiger partial charge in [-0.3, -0.25) is 10.1 Å². The van der Waals surface area contributed by atoms with Crippen LogP contribution >= 0.6 is 0 Å². The Morgan fingerprint density at radius 3 is 1.67 bits per heavy atom. The third-order valence-corrected chi connectivity index (χ3v) is 5.59. The van der Waals surface area contributed by atoms with E-state index < -0.39 is 0 Å². The van der Waals surface area contributed by atoms with Gasteiger partial charge in [0.15, 0.2) is 0 Å². The molecule has 0 aliphatic rings. The van der Waals surface area contributed by atoms with Crippen molar-refractivity contribution in [1.29, 1.82) is 0 Å². The SMILES string of the molecule is Cc1cc(C)c(B(OCc2ccccc2[N+](=O)[O-])c2c(C)cc(C)cc2C)c(C)c1. The lowest BCUT2D eigenvalue weighted by atomic mass is 9.50. The number of benzene rings is 3. The summed E-state index contributed by atoms with van der Waals surface area (Å²) in [5, 5.41) is 11.4. The van der Waals surface area contributed by atoms with E-state index in [0.717, 1.165) is 10.9 Å². The fourth-order valence-electron chi connectivity index (χ4n) is 4.50. The molecule has 154 valence electrons. The first-order valence-corrected chi connectivity index (χ1v) is 10.2. The summed E-state index contributed by atoms with van der Waals surface area (Å²) in [5.74, 6) is 0. The summed E-state index contributed by atoms with van der Waals surface area (Å²) < 4.78 is 6.49. The van der Waals surface area contributed by atoms with E-state index in [-0.39, 0.29) is 24.1 Å². The van der Waals surface area contributed by atoms with Crippen LogP contribution in [0.4, 0.5) is 5.69 Å². The third-order valence-electron chi connectivity index (χ3n) is 5.59. The summed E-state index contributed by atoms with van der Waals surface area (Å²) in [7, 11) is 0. The van der Waals surface area contributed by atoms with Gasteiger partial charge in [-0.25, -0.2) is 0 Å². The second-order valence-electron chi connectivity index (χ2n) is 8.20. The van der Waals surface area contributed by atoms with Crippen LogP contribution in [0.2, 0.25) is 0 Å². The van der Waals surface area contributed by atoms with Crippen molar-refractivity contribution in [3.8, 4) is 0 Å². The van der Waals surface area contributed by atoms with Crippen molar-refractivity contribution in [1.82, 2.24) is 0 Å². The average Bonchev–Trinajstić information content (AvgIpc) is 2.64. The van der Waals surface area contributed by atoms with Crippen LogP contribution in [0.3, 0.4) is 0 Å². The number of nitro groups is 1. The molecular weight excluding hydrogens is 373 g/mol. The first kappa shape index (κ1) is 21.8. The van der Waals surface area contributed by atoms with E-state index in [0.29, 0.717) is 5.56 Å². The Balaban J connectivity index is 2.12. The number of hydrogen-bond acceptors (Lipinski definition) is 3. The van der Waals surface area contributed by atoms with E-state index >= 15 is 0 Å². The summed E-state index contributed by atoms with van der Waals surface area (Å²) in [4.78, 5) is 11.1. The largest absolute Gasteiger partial charge is 0.422 e. The summed E-state index contributed by atoms with van der Waals surface area (Å²) in [6.07, 6.45) is 0. The van der Waals surface area contributed by atoms with Crippen LogP contribution in [-0.2, 0) is 11.3 Å². The molecule has 0 aliphatic heterocycles. The molecule has 0 atom stereocenters. The summed E-state index contributed by atoms with van der Waals surface area (Å²) >= 11 is 0. The fraction of sp³-hybridized carbons (Fsp3) is 0.280. The minimum Gasteiger partial charge on any atom is -0.422 e. The van der Waals surface area contributed by atoms with E-state index in [1.165, 1.54) is 39.4 Å². The maximum absolute atomic E-state index is 11.4. The molecule has 0 amide bonds. The van der Waals surface area contributed by atoms with Crippen LogP contribution in [0.1, 0.15) is 38.9 Å². The smallest absolute Gasteiger partial charge is 0.362 e. The molecule has 0 bridgehead atoms. The highest BCUT2D eigenvalue weighted by Crippen LogP contribution is 2.20. The topological polar surface area (TPSA) is 52.4 Å². The van der Waals surface area contributed by atoms with Crippen molar-refractivity contribution in [2.24, 2.45) is 0 Å². The molecule has 0 aromatic heterocycles. The van der Waals surface area contributed by atoms with Crippen LogP contribution in [0.5, 0.6) is 0 Å². The molecule has 3 aromatic carbocycles. The van der Waals surface area contributed by atoms with E-state index in [4.69, 9.17) is 4.65 Å². The molecule has 0 N–H and O–H groups in total. The van der Waals surface area contributed by atoms with Crippen LogP contribution in [-0.4, -0.2) is 11.8 Å². The quantitative estimate of drug-likeness (QED) is 0.340. The molecule has 0 spiro atoms. The minimum absolute atomic E-state index is 0.0888. The Bertz CT molecular complexity index is 1000. The van der Waals surface area contributed by atoms with Gasteiger partial charge in [-0.05, 0) is 58.5 Å². The average molecular weight is 401 g/mol. The molecule has 5 heteroatoms. The first-order chi connectivity index (χ1) is 14.2. The standard InChI is InChI=1S/C25H28BNO3/c1-16-11-18(3)24(19(4)12-16)26(25-20(5)13-17(2)14-21(25)6)30-15-22-9-7-8-10-23(22)27(28)29/h7-14H,15H2,1-6H3. The van der Waals surface area contributed by atoms with Crippen molar-refractivity contribution in [3.05, 3.63) is 97.6 Å². The predicted octanol–water partition coefficient (Wildman–Crippen LogP) is 4.77. The zero-order valence-corrected chi connectivity index (χ0v) is 18.6. The number of rotatable bonds is 6. The van der Waals surface area contributed by atoms with Gasteiger partial charge in [-0.1, -0.05) is 69.8 Å². The zero-order chi connectivity index (χ0) is 22.0. The number of nitro benzene ring substituents is 1. The van der Waals surface area contributed by atoms with Gasteiger partial charge in [0.25, 0.3) is 5.69 Å². The van der Waals surface area contributed by atoms with Crippen molar-refractivity contribution in [2.45, 2.75) is 48.1 Å².